The van der Waals surface area contributed by atoms with Crippen LogP contribution < -0.4 is 16.2 Å². The van der Waals surface area contributed by atoms with Crippen LogP contribution in [0.25, 0.3) is 0 Å². The molecule has 0 bridgehead atoms. The van der Waals surface area contributed by atoms with E-state index in [0.717, 1.165) is 25.7 Å². The number of rotatable bonds is 3. The number of carbonyl (C=O) groups is 2. The average Bonchev–Trinajstić information content (AvgIpc) is 2.41. The van der Waals surface area contributed by atoms with E-state index in [9.17, 15) is 9.59 Å². The molecule has 0 saturated heterocycles. The van der Waals surface area contributed by atoms with Crippen molar-refractivity contribution in [3.8, 4) is 0 Å². The molecule has 0 unspecified atom stereocenters. The Kier molecular flexibility index (Phi) is 7.63. The summed E-state index contributed by atoms with van der Waals surface area (Å²) in [6, 6.07) is -0.493. The van der Waals surface area contributed by atoms with Gasteiger partial charge in [0.15, 0.2) is 0 Å². The summed E-state index contributed by atoms with van der Waals surface area (Å²) in [6.45, 7) is 9.29. The molecule has 0 aromatic rings. The van der Waals surface area contributed by atoms with E-state index in [1.54, 1.807) is 13.8 Å². The van der Waals surface area contributed by atoms with E-state index in [0.29, 0.717) is 0 Å². The maximum Gasteiger partial charge on any atom is 0.335 e. The van der Waals surface area contributed by atoms with Crippen molar-refractivity contribution in [2.24, 2.45) is 16.1 Å². The summed E-state index contributed by atoms with van der Waals surface area (Å²) in [5.74, 6) is -0.125. The topological polar surface area (TPSA) is 94.9 Å². The third kappa shape index (κ3) is 8.84. The molecule has 1 saturated carbocycles. The minimum atomic E-state index is -0.845. The minimum absolute atomic E-state index is 0.0146. The van der Waals surface area contributed by atoms with Gasteiger partial charge in [0.2, 0.25) is 5.91 Å². The number of urea groups is 1. The second-order valence-electron chi connectivity index (χ2n) is 8.04. The molecule has 0 spiro atoms. The highest BCUT2D eigenvalue weighted by molar-refractivity contribution is 5.82. The number of amides is 3. The first-order chi connectivity index (χ1) is 11.1. The molecule has 0 heterocycles. The lowest BCUT2D eigenvalue weighted by Gasteiger charge is -2.23. The first-order valence-corrected chi connectivity index (χ1v) is 8.91. The van der Waals surface area contributed by atoms with Crippen molar-refractivity contribution in [2.75, 3.05) is 0 Å². The van der Waals surface area contributed by atoms with E-state index in [2.05, 4.69) is 26.4 Å². The van der Waals surface area contributed by atoms with Crippen LogP contribution in [-0.4, -0.2) is 23.1 Å². The van der Waals surface area contributed by atoms with Gasteiger partial charge >= 0.3 is 6.03 Å². The molecule has 0 atom stereocenters. The third-order valence-corrected chi connectivity index (χ3v) is 3.79. The van der Waals surface area contributed by atoms with E-state index >= 15 is 0 Å². The third-order valence-electron chi connectivity index (χ3n) is 3.79. The van der Waals surface area contributed by atoms with Gasteiger partial charge in [-0.1, -0.05) is 32.1 Å². The molecule has 7 nitrogen and oxygen atoms in total. The normalized spacial score (nSPS) is 17.9. The smallest absolute Gasteiger partial charge is 0.311 e. The molecule has 1 rings (SSSR count). The van der Waals surface area contributed by atoms with Crippen molar-refractivity contribution >= 4 is 11.9 Å². The van der Waals surface area contributed by atoms with Crippen LogP contribution >= 0.6 is 0 Å². The molecule has 1 aliphatic carbocycles. The Morgan fingerprint density at radius 2 is 1.38 bits per heavy atom. The molecular formula is C17H33N5O2. The summed E-state index contributed by atoms with van der Waals surface area (Å²) >= 11 is 0. The molecule has 1 aliphatic rings. The van der Waals surface area contributed by atoms with Gasteiger partial charge in [0.1, 0.15) is 5.66 Å². The maximum atomic E-state index is 12.2. The Hall–Kier alpha value is -1.66. The molecule has 24 heavy (non-hydrogen) atoms. The van der Waals surface area contributed by atoms with Gasteiger partial charge in [-0.25, -0.2) is 10.2 Å². The van der Waals surface area contributed by atoms with E-state index in [1.807, 2.05) is 20.8 Å². The second kappa shape index (κ2) is 8.99. The zero-order chi connectivity index (χ0) is 18.2. The average molecular weight is 339 g/mol. The van der Waals surface area contributed by atoms with Gasteiger partial charge < -0.3 is 5.32 Å². The number of hydrazine groups is 1. The van der Waals surface area contributed by atoms with Crippen LogP contribution in [-0.2, 0) is 4.79 Å². The van der Waals surface area contributed by atoms with E-state index in [-0.39, 0.29) is 17.4 Å². The molecule has 0 aliphatic heterocycles. The Morgan fingerprint density at radius 1 is 0.833 bits per heavy atom. The fourth-order valence-corrected chi connectivity index (χ4v) is 2.55. The Bertz CT molecular complexity index is 446. The quantitative estimate of drug-likeness (QED) is 0.540. The van der Waals surface area contributed by atoms with Gasteiger partial charge in [-0.3, -0.25) is 10.2 Å². The van der Waals surface area contributed by atoms with Gasteiger partial charge in [-0.05, 0) is 47.5 Å². The van der Waals surface area contributed by atoms with Crippen LogP contribution in [0.15, 0.2) is 10.2 Å². The minimum Gasteiger partial charge on any atom is -0.311 e. The van der Waals surface area contributed by atoms with Crippen LogP contribution in [0.2, 0.25) is 0 Å². The number of hydrogen-bond acceptors (Lipinski definition) is 4. The number of azo groups is 1. The SMILES string of the molecule is CC(C)(C)/N=N/C(C)(C)NC(=O)NNC(=O)C1CCCCCCC1. The summed E-state index contributed by atoms with van der Waals surface area (Å²) in [6.07, 6.45) is 7.55. The Morgan fingerprint density at radius 3 is 1.92 bits per heavy atom. The zero-order valence-corrected chi connectivity index (χ0v) is 15.7. The summed E-state index contributed by atoms with van der Waals surface area (Å²) in [4.78, 5) is 24.1. The van der Waals surface area contributed by atoms with Gasteiger partial charge in [0.25, 0.3) is 0 Å². The van der Waals surface area contributed by atoms with Crippen molar-refractivity contribution in [3.05, 3.63) is 0 Å². The summed E-state index contributed by atoms with van der Waals surface area (Å²) < 4.78 is 0. The highest BCUT2D eigenvalue weighted by atomic mass is 16.2. The predicted octanol–water partition coefficient (Wildman–Crippen LogP) is 3.66. The Labute approximate surface area is 145 Å². The van der Waals surface area contributed by atoms with Crippen LogP contribution in [0.5, 0.6) is 0 Å². The molecule has 7 heteroatoms. The lowest BCUT2D eigenvalue weighted by molar-refractivity contribution is -0.126. The standard InChI is InChI=1S/C17H33N5O2/c1-16(2,3)21-22-17(4,5)18-15(24)20-19-14(23)13-11-9-7-6-8-10-12-13/h13H,6-12H2,1-5H3,(H,19,23)(H2,18,20,24)/b22-21+. The molecule has 0 aromatic carbocycles. The van der Waals surface area contributed by atoms with Crippen LogP contribution in [0, 0.1) is 5.92 Å². The molecule has 0 aromatic heterocycles. The van der Waals surface area contributed by atoms with Crippen molar-refractivity contribution in [1.29, 1.82) is 0 Å². The van der Waals surface area contributed by atoms with E-state index < -0.39 is 11.7 Å². The van der Waals surface area contributed by atoms with Crippen molar-refractivity contribution in [2.45, 2.75) is 90.8 Å². The van der Waals surface area contributed by atoms with Crippen LogP contribution in [0.1, 0.15) is 79.6 Å². The number of carbonyl (C=O) groups excluding carboxylic acids is 2. The lowest BCUT2D eigenvalue weighted by atomic mass is 9.91. The van der Waals surface area contributed by atoms with Crippen molar-refractivity contribution < 1.29 is 9.59 Å². The fraction of sp³-hybridized carbons (Fsp3) is 0.882. The van der Waals surface area contributed by atoms with Gasteiger partial charge in [-0.15, -0.1) is 0 Å². The first-order valence-electron chi connectivity index (χ1n) is 8.91. The molecule has 3 amide bonds. The van der Waals surface area contributed by atoms with Crippen molar-refractivity contribution in [3.63, 3.8) is 0 Å². The van der Waals surface area contributed by atoms with Gasteiger partial charge in [-0.2, -0.15) is 10.2 Å². The molecule has 0 radical (unpaired) electrons. The first kappa shape index (κ1) is 20.4. The molecule has 138 valence electrons. The monoisotopic (exact) mass is 339 g/mol. The van der Waals surface area contributed by atoms with E-state index in [4.69, 9.17) is 0 Å². The van der Waals surface area contributed by atoms with E-state index in [1.165, 1.54) is 19.3 Å². The van der Waals surface area contributed by atoms with Crippen molar-refractivity contribution in [1.82, 2.24) is 16.2 Å². The highest BCUT2D eigenvalue weighted by Gasteiger charge is 2.23. The summed E-state index contributed by atoms with van der Waals surface area (Å²) in [7, 11) is 0. The second-order valence-corrected chi connectivity index (χ2v) is 8.04. The Balaban J connectivity index is 2.41. The zero-order valence-electron chi connectivity index (χ0n) is 15.7. The number of nitrogens with one attached hydrogen (secondary N) is 3. The maximum absolute atomic E-state index is 12.2. The highest BCUT2D eigenvalue weighted by Crippen LogP contribution is 2.22. The number of hydrogen-bond donors (Lipinski definition) is 3. The predicted molar refractivity (Wildman–Crippen MR) is 94.3 cm³/mol. The van der Waals surface area contributed by atoms with Gasteiger partial charge in [0.05, 0.1) is 5.54 Å². The van der Waals surface area contributed by atoms with Gasteiger partial charge in [0, 0.05) is 5.92 Å². The summed E-state index contributed by atoms with van der Waals surface area (Å²) in [5.41, 5.74) is 3.79. The molecule has 3 N–H and O–H groups in total. The van der Waals surface area contributed by atoms with Crippen LogP contribution in [0.4, 0.5) is 4.79 Å². The van der Waals surface area contributed by atoms with Crippen LogP contribution in [0.3, 0.4) is 0 Å². The molecule has 1 fully saturated rings. The fourth-order valence-electron chi connectivity index (χ4n) is 2.55. The summed E-state index contributed by atoms with van der Waals surface area (Å²) in [5, 5.41) is 11.0. The lowest BCUT2D eigenvalue weighted by Crippen LogP contribution is -2.53. The largest absolute Gasteiger partial charge is 0.335 e. The number of nitrogens with zero attached hydrogens (tertiary/aromatic N) is 2. The molecular weight excluding hydrogens is 306 g/mol.